The normalized spacial score (nSPS) is 25.2. The second-order valence-corrected chi connectivity index (χ2v) is 3.99. The highest BCUT2D eigenvalue weighted by molar-refractivity contribution is 5.61. The molecule has 0 bridgehead atoms. The second-order valence-electron chi connectivity index (χ2n) is 3.99. The molecule has 0 aromatic rings. The molecule has 2 atom stereocenters. The molecule has 1 aliphatic heterocycles. The Bertz CT molecular complexity index is 258. The maximum Gasteiger partial charge on any atom is 0.508 e. The first-order valence-electron chi connectivity index (χ1n) is 5.89. The van der Waals surface area contributed by atoms with Crippen LogP contribution >= 0.6 is 0 Å². The van der Waals surface area contributed by atoms with Crippen LogP contribution in [0.4, 0.5) is 4.79 Å². The molecule has 0 aromatic carbocycles. The average Bonchev–Trinajstić information content (AvgIpc) is 2.24. The first-order chi connectivity index (χ1) is 7.76. The van der Waals surface area contributed by atoms with Crippen LogP contribution < -0.4 is 0 Å². The lowest BCUT2D eigenvalue weighted by molar-refractivity contribution is -0.0572. The predicted molar refractivity (Wildman–Crippen MR) is 63.2 cm³/mol. The van der Waals surface area contributed by atoms with E-state index in [4.69, 9.17) is 9.47 Å². The molecule has 0 spiro atoms. The first kappa shape index (κ1) is 12.8. The lowest BCUT2D eigenvalue weighted by Crippen LogP contribution is -2.33. The van der Waals surface area contributed by atoms with Crippen LogP contribution in [0.1, 0.15) is 39.0 Å². The molecule has 0 aliphatic carbocycles. The smallest absolute Gasteiger partial charge is 0.430 e. The fourth-order valence-electron chi connectivity index (χ4n) is 1.70. The maximum atomic E-state index is 11.1. The van der Waals surface area contributed by atoms with E-state index in [1.54, 1.807) is 6.08 Å². The monoisotopic (exact) mass is 224 g/mol. The Hall–Kier alpha value is -1.25. The van der Waals surface area contributed by atoms with Gasteiger partial charge in [0.05, 0.1) is 0 Å². The Balaban J connectivity index is 2.35. The van der Waals surface area contributed by atoms with Gasteiger partial charge in [-0.25, -0.2) is 4.79 Å². The third-order valence-corrected chi connectivity index (χ3v) is 2.50. The van der Waals surface area contributed by atoms with Gasteiger partial charge in [0, 0.05) is 19.3 Å². The van der Waals surface area contributed by atoms with Gasteiger partial charge in [0.15, 0.2) is 0 Å². The Morgan fingerprint density at radius 2 is 2.00 bits per heavy atom. The van der Waals surface area contributed by atoms with Crippen molar-refractivity contribution in [3.63, 3.8) is 0 Å². The van der Waals surface area contributed by atoms with Crippen LogP contribution in [-0.2, 0) is 9.47 Å². The number of carbonyl (C=O) groups is 1. The molecule has 2 unspecified atom stereocenters. The van der Waals surface area contributed by atoms with Gasteiger partial charge in [-0.1, -0.05) is 31.6 Å². The van der Waals surface area contributed by atoms with Crippen molar-refractivity contribution in [3.05, 3.63) is 24.8 Å². The van der Waals surface area contributed by atoms with Crippen molar-refractivity contribution in [1.29, 1.82) is 0 Å². The maximum absolute atomic E-state index is 11.1. The van der Waals surface area contributed by atoms with Crippen LogP contribution in [0.2, 0.25) is 0 Å². The summed E-state index contributed by atoms with van der Waals surface area (Å²) in [7, 11) is 0. The van der Waals surface area contributed by atoms with Gasteiger partial charge in [-0.15, -0.1) is 6.58 Å². The van der Waals surface area contributed by atoms with Crippen molar-refractivity contribution in [2.24, 2.45) is 0 Å². The molecule has 1 fully saturated rings. The molecule has 0 N–H and O–H groups in total. The van der Waals surface area contributed by atoms with Crippen molar-refractivity contribution in [3.8, 4) is 0 Å². The minimum Gasteiger partial charge on any atom is -0.430 e. The van der Waals surface area contributed by atoms with Crippen LogP contribution in [0.5, 0.6) is 0 Å². The van der Waals surface area contributed by atoms with Crippen molar-refractivity contribution in [2.45, 2.75) is 51.2 Å². The summed E-state index contributed by atoms with van der Waals surface area (Å²) in [4.78, 5) is 11.1. The molecule has 1 heterocycles. The minimum absolute atomic E-state index is 0.0423. The van der Waals surface area contributed by atoms with Gasteiger partial charge in [0.1, 0.15) is 12.2 Å². The van der Waals surface area contributed by atoms with Gasteiger partial charge < -0.3 is 9.47 Å². The Morgan fingerprint density at radius 3 is 2.62 bits per heavy atom. The van der Waals surface area contributed by atoms with Crippen molar-refractivity contribution in [1.82, 2.24) is 0 Å². The van der Waals surface area contributed by atoms with E-state index >= 15 is 0 Å². The zero-order valence-electron chi connectivity index (χ0n) is 9.85. The number of rotatable bonds is 6. The molecular weight excluding hydrogens is 204 g/mol. The Morgan fingerprint density at radius 1 is 1.31 bits per heavy atom. The zero-order chi connectivity index (χ0) is 11.8. The van der Waals surface area contributed by atoms with E-state index in [0.29, 0.717) is 6.42 Å². The zero-order valence-corrected chi connectivity index (χ0v) is 9.85. The molecule has 0 radical (unpaired) electrons. The Labute approximate surface area is 97.1 Å². The van der Waals surface area contributed by atoms with E-state index < -0.39 is 6.16 Å². The predicted octanol–water partition coefficient (Wildman–Crippen LogP) is 3.60. The van der Waals surface area contributed by atoms with E-state index in [0.717, 1.165) is 25.7 Å². The highest BCUT2D eigenvalue weighted by Crippen LogP contribution is 2.20. The summed E-state index contributed by atoms with van der Waals surface area (Å²) in [6.45, 7) is 5.78. The summed E-state index contributed by atoms with van der Waals surface area (Å²) in [5.41, 5.74) is 0. The van der Waals surface area contributed by atoms with Gasteiger partial charge in [-0.3, -0.25) is 0 Å². The summed E-state index contributed by atoms with van der Waals surface area (Å²) < 4.78 is 10.1. The third kappa shape index (κ3) is 4.51. The van der Waals surface area contributed by atoms with Crippen molar-refractivity contribution >= 4 is 6.16 Å². The van der Waals surface area contributed by atoms with Crippen LogP contribution in [0, 0.1) is 0 Å². The molecule has 3 nitrogen and oxygen atoms in total. The molecule has 1 rings (SSSR count). The van der Waals surface area contributed by atoms with Gasteiger partial charge in [0.25, 0.3) is 0 Å². The SMILES string of the molecule is C=CCC1CC(C/C=C/CCC)OC(=O)O1. The summed E-state index contributed by atoms with van der Waals surface area (Å²) in [6.07, 6.45) is 9.78. The quantitative estimate of drug-likeness (QED) is 0.510. The molecule has 0 amide bonds. The van der Waals surface area contributed by atoms with Crippen molar-refractivity contribution in [2.75, 3.05) is 0 Å². The number of carbonyl (C=O) groups excluding carboxylic acids is 1. The van der Waals surface area contributed by atoms with Gasteiger partial charge in [0.2, 0.25) is 0 Å². The highest BCUT2D eigenvalue weighted by atomic mass is 16.7. The molecule has 90 valence electrons. The second kappa shape index (κ2) is 7.09. The largest absolute Gasteiger partial charge is 0.508 e. The molecule has 16 heavy (non-hydrogen) atoms. The molecule has 1 aliphatic rings. The van der Waals surface area contributed by atoms with Crippen molar-refractivity contribution < 1.29 is 14.3 Å². The number of hydrogen-bond acceptors (Lipinski definition) is 3. The number of ether oxygens (including phenoxy) is 2. The van der Waals surface area contributed by atoms with E-state index in [1.165, 1.54) is 0 Å². The summed E-state index contributed by atoms with van der Waals surface area (Å²) >= 11 is 0. The lowest BCUT2D eigenvalue weighted by atomic mass is 10.0. The first-order valence-corrected chi connectivity index (χ1v) is 5.89. The average molecular weight is 224 g/mol. The molecule has 0 aromatic heterocycles. The van der Waals surface area contributed by atoms with E-state index in [9.17, 15) is 4.79 Å². The van der Waals surface area contributed by atoms with Crippen LogP contribution in [0.3, 0.4) is 0 Å². The van der Waals surface area contributed by atoms with Gasteiger partial charge >= 0.3 is 6.16 Å². The topological polar surface area (TPSA) is 35.5 Å². The summed E-state index contributed by atoms with van der Waals surface area (Å²) in [6, 6.07) is 0. The summed E-state index contributed by atoms with van der Waals surface area (Å²) in [5, 5.41) is 0. The molecule has 0 saturated carbocycles. The van der Waals surface area contributed by atoms with E-state index in [2.05, 4.69) is 25.7 Å². The van der Waals surface area contributed by atoms with Crippen LogP contribution in [0.25, 0.3) is 0 Å². The van der Waals surface area contributed by atoms with Crippen LogP contribution in [-0.4, -0.2) is 18.4 Å². The van der Waals surface area contributed by atoms with E-state index in [1.807, 2.05) is 0 Å². The third-order valence-electron chi connectivity index (χ3n) is 2.50. The van der Waals surface area contributed by atoms with Gasteiger partial charge in [-0.05, 0) is 6.42 Å². The fourth-order valence-corrected chi connectivity index (χ4v) is 1.70. The lowest BCUT2D eigenvalue weighted by Gasteiger charge is -2.27. The molecule has 1 saturated heterocycles. The number of cyclic esters (lactones) is 2. The number of hydrogen-bond donors (Lipinski definition) is 0. The van der Waals surface area contributed by atoms with Crippen LogP contribution in [0.15, 0.2) is 24.8 Å². The number of allylic oxidation sites excluding steroid dienone is 1. The minimum atomic E-state index is -0.549. The number of unbranched alkanes of at least 4 members (excludes halogenated alkanes) is 1. The fraction of sp³-hybridized carbons (Fsp3) is 0.615. The summed E-state index contributed by atoms with van der Waals surface area (Å²) in [5.74, 6) is 0. The van der Waals surface area contributed by atoms with E-state index in [-0.39, 0.29) is 12.2 Å². The molecule has 3 heteroatoms. The van der Waals surface area contributed by atoms with Gasteiger partial charge in [-0.2, -0.15) is 0 Å². The standard InChI is InChI=1S/C13H20O3/c1-3-5-6-7-9-12-10-11(8-4-2)15-13(14)16-12/h4,6-7,11-12H,2-3,5,8-10H2,1H3/b7-6+. The Kier molecular flexibility index (Phi) is 5.68. The highest BCUT2D eigenvalue weighted by Gasteiger charge is 2.28. The molecular formula is C13H20O3.